The smallest absolute Gasteiger partial charge is 0.407 e. The number of hydrogen-bond acceptors (Lipinski definition) is 5. The highest BCUT2D eigenvalue weighted by Gasteiger charge is 2.32. The van der Waals surface area contributed by atoms with Crippen molar-refractivity contribution in [1.82, 2.24) is 10.6 Å². The number of carboxylic acid groups (broad SMARTS) is 1. The number of rotatable bonds is 9. The molecule has 186 valence electrons. The maximum absolute atomic E-state index is 12.8. The first-order chi connectivity index (χ1) is 17.0. The van der Waals surface area contributed by atoms with Gasteiger partial charge in [-0.1, -0.05) is 61.4 Å². The summed E-state index contributed by atoms with van der Waals surface area (Å²) >= 11 is 0. The maximum Gasteiger partial charge on any atom is 0.407 e. The van der Waals surface area contributed by atoms with Crippen LogP contribution in [0.25, 0.3) is 11.1 Å². The average molecular weight is 481 g/mol. The van der Waals surface area contributed by atoms with Gasteiger partial charge in [0.05, 0.1) is 12.5 Å². The highest BCUT2D eigenvalue weighted by atomic mass is 16.5. The lowest BCUT2D eigenvalue weighted by molar-refractivity contribution is -0.145. The third-order valence-electron chi connectivity index (χ3n) is 7.05. The van der Waals surface area contributed by atoms with Gasteiger partial charge in [0.15, 0.2) is 0 Å². The standard InChI is InChI=1S/C27H32N2O6/c1-34-16-24(25(30)28-14-17-8-2-3-9-18(17)26(31)32)29-27(33)35-15-23-21-12-6-4-10-19(21)20-11-5-7-13-22(20)23/h4-7,10-13,17-18,23-24H,2-3,8-9,14-16H2,1H3,(H,28,30)(H,29,33)(H,31,32)/t17-,18-,24?/m0/s1. The van der Waals surface area contributed by atoms with E-state index in [1.807, 2.05) is 36.4 Å². The van der Waals surface area contributed by atoms with E-state index in [2.05, 4.69) is 22.8 Å². The first-order valence-electron chi connectivity index (χ1n) is 12.1. The van der Waals surface area contributed by atoms with E-state index < -0.39 is 29.9 Å². The molecule has 0 spiro atoms. The molecule has 0 heterocycles. The van der Waals surface area contributed by atoms with Crippen molar-refractivity contribution in [3.63, 3.8) is 0 Å². The molecular formula is C27H32N2O6. The van der Waals surface area contributed by atoms with Crippen molar-refractivity contribution in [3.8, 4) is 11.1 Å². The summed E-state index contributed by atoms with van der Waals surface area (Å²) in [5, 5.41) is 14.8. The number of ether oxygens (including phenoxy) is 2. The molecule has 35 heavy (non-hydrogen) atoms. The molecule has 1 saturated carbocycles. The largest absolute Gasteiger partial charge is 0.481 e. The van der Waals surface area contributed by atoms with E-state index in [-0.39, 0.29) is 31.6 Å². The van der Waals surface area contributed by atoms with Crippen LogP contribution in [0.2, 0.25) is 0 Å². The molecule has 8 nitrogen and oxygen atoms in total. The first-order valence-corrected chi connectivity index (χ1v) is 12.1. The summed E-state index contributed by atoms with van der Waals surface area (Å²) in [7, 11) is 1.45. The van der Waals surface area contributed by atoms with Gasteiger partial charge in [0, 0.05) is 19.6 Å². The van der Waals surface area contributed by atoms with Gasteiger partial charge in [0.25, 0.3) is 0 Å². The maximum atomic E-state index is 12.8. The number of amides is 2. The second-order valence-corrected chi connectivity index (χ2v) is 9.21. The Morgan fingerprint density at radius 1 is 1.00 bits per heavy atom. The molecule has 3 atom stereocenters. The highest BCUT2D eigenvalue weighted by molar-refractivity contribution is 5.86. The molecule has 1 unspecified atom stereocenters. The van der Waals surface area contributed by atoms with E-state index in [1.165, 1.54) is 7.11 Å². The van der Waals surface area contributed by atoms with E-state index in [9.17, 15) is 19.5 Å². The molecule has 2 aliphatic rings. The minimum absolute atomic E-state index is 0.0247. The normalized spacial score (nSPS) is 19.8. The van der Waals surface area contributed by atoms with Gasteiger partial charge in [0.2, 0.25) is 5.91 Å². The molecule has 4 rings (SSSR count). The number of carbonyl (C=O) groups is 3. The van der Waals surface area contributed by atoms with E-state index in [0.29, 0.717) is 6.42 Å². The fourth-order valence-electron chi connectivity index (χ4n) is 5.26. The summed E-state index contributed by atoms with van der Waals surface area (Å²) in [4.78, 5) is 36.9. The zero-order valence-corrected chi connectivity index (χ0v) is 19.9. The van der Waals surface area contributed by atoms with Gasteiger partial charge in [-0.25, -0.2) is 4.79 Å². The Morgan fingerprint density at radius 3 is 2.26 bits per heavy atom. The lowest BCUT2D eigenvalue weighted by Gasteiger charge is -2.29. The molecule has 0 saturated heterocycles. The topological polar surface area (TPSA) is 114 Å². The molecule has 0 bridgehead atoms. The number of aliphatic carboxylic acids is 1. The molecule has 2 aromatic carbocycles. The quantitative estimate of drug-likeness (QED) is 0.506. The zero-order chi connectivity index (χ0) is 24.8. The Hall–Kier alpha value is -3.39. The Labute approximate surface area is 205 Å². The molecule has 0 aromatic heterocycles. The van der Waals surface area contributed by atoms with Crippen molar-refractivity contribution in [2.75, 3.05) is 26.9 Å². The van der Waals surface area contributed by atoms with Crippen molar-refractivity contribution in [2.24, 2.45) is 11.8 Å². The van der Waals surface area contributed by atoms with Crippen molar-refractivity contribution < 1.29 is 29.0 Å². The van der Waals surface area contributed by atoms with Crippen LogP contribution in [0.1, 0.15) is 42.7 Å². The molecule has 2 aliphatic carbocycles. The monoisotopic (exact) mass is 480 g/mol. The van der Waals surface area contributed by atoms with E-state index >= 15 is 0 Å². The van der Waals surface area contributed by atoms with Gasteiger partial charge in [-0.2, -0.15) is 0 Å². The van der Waals surface area contributed by atoms with Crippen LogP contribution in [0.3, 0.4) is 0 Å². The van der Waals surface area contributed by atoms with Crippen LogP contribution in [-0.2, 0) is 19.1 Å². The number of carbonyl (C=O) groups excluding carboxylic acids is 2. The number of nitrogens with one attached hydrogen (secondary N) is 2. The molecule has 3 N–H and O–H groups in total. The van der Waals surface area contributed by atoms with Gasteiger partial charge in [-0.05, 0) is 41.0 Å². The molecule has 0 aliphatic heterocycles. The minimum atomic E-state index is -0.942. The van der Waals surface area contributed by atoms with Gasteiger partial charge in [-0.15, -0.1) is 0 Å². The summed E-state index contributed by atoms with van der Waals surface area (Å²) in [6.45, 7) is 0.370. The third-order valence-corrected chi connectivity index (χ3v) is 7.05. The first kappa shape index (κ1) is 24.7. The van der Waals surface area contributed by atoms with E-state index in [0.717, 1.165) is 41.5 Å². The number of benzene rings is 2. The van der Waals surface area contributed by atoms with Gasteiger partial charge in [-0.3, -0.25) is 9.59 Å². The SMILES string of the molecule is COCC(NC(=O)OCC1c2ccccc2-c2ccccc21)C(=O)NC[C@@H]1CCCC[C@@H]1C(=O)O. The number of carboxylic acids is 1. The Bertz CT molecular complexity index is 1030. The minimum Gasteiger partial charge on any atom is -0.481 e. The fraction of sp³-hybridized carbons (Fsp3) is 0.444. The molecule has 2 aromatic rings. The predicted molar refractivity (Wildman–Crippen MR) is 130 cm³/mol. The fourth-order valence-corrected chi connectivity index (χ4v) is 5.26. The molecule has 2 amide bonds. The summed E-state index contributed by atoms with van der Waals surface area (Å²) in [6.07, 6.45) is 2.51. The number of methoxy groups -OCH3 is 1. The van der Waals surface area contributed by atoms with Crippen LogP contribution in [0.15, 0.2) is 48.5 Å². The summed E-state index contributed by atoms with van der Waals surface area (Å²) in [5.41, 5.74) is 4.48. The van der Waals surface area contributed by atoms with Crippen LogP contribution < -0.4 is 10.6 Å². The van der Waals surface area contributed by atoms with Gasteiger partial charge >= 0.3 is 12.1 Å². The van der Waals surface area contributed by atoms with Crippen LogP contribution in [-0.4, -0.2) is 56.0 Å². The molecule has 1 fully saturated rings. The zero-order valence-electron chi connectivity index (χ0n) is 19.9. The van der Waals surface area contributed by atoms with Crippen LogP contribution in [0.4, 0.5) is 4.79 Å². The summed E-state index contributed by atoms with van der Waals surface area (Å²) in [6, 6.07) is 15.2. The molecule has 8 heteroatoms. The lowest BCUT2D eigenvalue weighted by atomic mass is 9.79. The lowest BCUT2D eigenvalue weighted by Crippen LogP contribution is -2.51. The predicted octanol–water partition coefficient (Wildman–Crippen LogP) is 3.55. The van der Waals surface area contributed by atoms with Gasteiger partial charge in [0.1, 0.15) is 12.6 Å². The molecule has 0 radical (unpaired) electrons. The number of alkyl carbamates (subject to hydrolysis) is 1. The molecular weight excluding hydrogens is 448 g/mol. The second-order valence-electron chi connectivity index (χ2n) is 9.21. The van der Waals surface area contributed by atoms with Crippen LogP contribution >= 0.6 is 0 Å². The Balaban J connectivity index is 1.33. The van der Waals surface area contributed by atoms with Gasteiger partial charge < -0.3 is 25.2 Å². The van der Waals surface area contributed by atoms with Crippen LogP contribution in [0, 0.1) is 11.8 Å². The van der Waals surface area contributed by atoms with Crippen molar-refractivity contribution >= 4 is 18.0 Å². The number of fused-ring (bicyclic) bond motifs is 3. The number of hydrogen-bond donors (Lipinski definition) is 3. The summed E-state index contributed by atoms with van der Waals surface area (Å²) < 4.78 is 10.7. The van der Waals surface area contributed by atoms with Crippen molar-refractivity contribution in [1.29, 1.82) is 0 Å². The Morgan fingerprint density at radius 2 is 1.63 bits per heavy atom. The van der Waals surface area contributed by atoms with Crippen molar-refractivity contribution in [3.05, 3.63) is 59.7 Å². The highest BCUT2D eigenvalue weighted by Crippen LogP contribution is 2.44. The summed E-state index contributed by atoms with van der Waals surface area (Å²) in [5.74, 6) is -1.91. The third kappa shape index (κ3) is 5.65. The van der Waals surface area contributed by atoms with E-state index in [4.69, 9.17) is 9.47 Å². The van der Waals surface area contributed by atoms with E-state index in [1.54, 1.807) is 0 Å². The van der Waals surface area contributed by atoms with Crippen LogP contribution in [0.5, 0.6) is 0 Å². The Kier molecular flexibility index (Phi) is 8.02. The van der Waals surface area contributed by atoms with Crippen molar-refractivity contribution in [2.45, 2.75) is 37.6 Å². The second kappa shape index (κ2) is 11.4. The average Bonchev–Trinajstić information content (AvgIpc) is 3.19.